The number of nitrogens with zero attached hydrogens (tertiary/aromatic N) is 1. The van der Waals surface area contributed by atoms with Crippen molar-refractivity contribution < 1.29 is 22.7 Å². The molecule has 30 heavy (non-hydrogen) atoms. The quantitative estimate of drug-likeness (QED) is 0.758. The average Bonchev–Trinajstić information content (AvgIpc) is 2.69. The normalized spacial score (nSPS) is 17.0. The third-order valence-corrected chi connectivity index (χ3v) is 6.37. The molecule has 1 aliphatic heterocycles. The highest BCUT2D eigenvalue weighted by atomic mass is 32.2. The fraction of sp³-hybridized carbons (Fsp3) is 0.409. The predicted octanol–water partition coefficient (Wildman–Crippen LogP) is 3.11. The van der Waals surface area contributed by atoms with Crippen molar-refractivity contribution in [2.75, 3.05) is 24.2 Å². The van der Waals surface area contributed by atoms with E-state index < -0.39 is 16.1 Å². The van der Waals surface area contributed by atoms with Gasteiger partial charge in [-0.3, -0.25) is 9.10 Å². The monoisotopic (exact) mass is 432 g/mol. The van der Waals surface area contributed by atoms with Crippen molar-refractivity contribution in [2.24, 2.45) is 0 Å². The van der Waals surface area contributed by atoms with Crippen LogP contribution >= 0.6 is 0 Å². The van der Waals surface area contributed by atoms with Gasteiger partial charge in [-0.15, -0.1) is 0 Å². The molecule has 3 rings (SSSR count). The van der Waals surface area contributed by atoms with E-state index in [2.05, 4.69) is 5.32 Å². The van der Waals surface area contributed by atoms with Gasteiger partial charge < -0.3 is 14.8 Å². The summed E-state index contributed by atoms with van der Waals surface area (Å²) in [4.78, 5) is 13.0. The fourth-order valence-corrected chi connectivity index (χ4v) is 4.53. The summed E-state index contributed by atoms with van der Waals surface area (Å²) in [6, 6.07) is 10.8. The highest BCUT2D eigenvalue weighted by Gasteiger charge is 2.35. The summed E-state index contributed by atoms with van der Waals surface area (Å²) < 4.78 is 37.1. The molecule has 0 fully saturated rings. The first-order valence-corrected chi connectivity index (χ1v) is 11.7. The summed E-state index contributed by atoms with van der Waals surface area (Å²) in [5.41, 5.74) is 3.30. The number of aryl methyl sites for hydroxylation is 2. The third-order valence-electron chi connectivity index (χ3n) is 5.22. The molecule has 0 spiro atoms. The van der Waals surface area contributed by atoms with Gasteiger partial charge in [0.2, 0.25) is 10.0 Å². The lowest BCUT2D eigenvalue weighted by atomic mass is 10.0. The Hall–Kier alpha value is -2.74. The molecule has 0 saturated carbocycles. The zero-order valence-corrected chi connectivity index (χ0v) is 18.7. The second-order valence-electron chi connectivity index (χ2n) is 7.57. The molecular formula is C22H28N2O5S. The van der Waals surface area contributed by atoms with Crippen LogP contribution in [0.2, 0.25) is 0 Å². The first-order chi connectivity index (χ1) is 14.1. The zero-order chi connectivity index (χ0) is 22.1. The van der Waals surface area contributed by atoms with Crippen LogP contribution in [0.25, 0.3) is 0 Å². The molecule has 7 nitrogen and oxygen atoms in total. The molecule has 1 amide bonds. The number of nitrogens with one attached hydrogen (secondary N) is 1. The molecule has 0 aliphatic carbocycles. The molecule has 2 aromatic carbocycles. The van der Waals surface area contributed by atoms with Crippen molar-refractivity contribution in [1.29, 1.82) is 0 Å². The number of anilines is 1. The molecule has 162 valence electrons. The first-order valence-electron chi connectivity index (χ1n) is 9.84. The molecule has 0 unspecified atom stereocenters. The van der Waals surface area contributed by atoms with Crippen LogP contribution in [0.4, 0.5) is 5.69 Å². The lowest BCUT2D eigenvalue weighted by Gasteiger charge is -2.34. The summed E-state index contributed by atoms with van der Waals surface area (Å²) >= 11 is 0. The minimum atomic E-state index is -3.56. The van der Waals surface area contributed by atoms with E-state index >= 15 is 0 Å². The maximum atomic E-state index is 13.0. The van der Waals surface area contributed by atoms with Crippen molar-refractivity contribution in [3.05, 3.63) is 53.1 Å². The van der Waals surface area contributed by atoms with Gasteiger partial charge in [0, 0.05) is 0 Å². The topological polar surface area (TPSA) is 84.9 Å². The molecule has 2 atom stereocenters. The van der Waals surface area contributed by atoms with Gasteiger partial charge in [0.05, 0.1) is 31.6 Å². The van der Waals surface area contributed by atoms with E-state index in [0.717, 1.165) is 28.7 Å². The predicted molar refractivity (Wildman–Crippen MR) is 117 cm³/mol. The average molecular weight is 433 g/mol. The molecule has 0 aromatic heterocycles. The van der Waals surface area contributed by atoms with Crippen molar-refractivity contribution in [3.63, 3.8) is 0 Å². The van der Waals surface area contributed by atoms with Gasteiger partial charge in [0.25, 0.3) is 5.91 Å². The molecule has 0 saturated heterocycles. The molecule has 1 aliphatic rings. The summed E-state index contributed by atoms with van der Waals surface area (Å²) in [7, 11) is -1.94. The number of fused-ring (bicyclic) bond motifs is 1. The number of rotatable bonds is 6. The number of ether oxygens (including phenoxy) is 2. The maximum absolute atomic E-state index is 13.0. The SMILES string of the molecule is CC[C@H](NC(=O)[C@@H]1CN(S(C)(=O)=O)c2ccc(C)cc2O1)c1ccc(OC)c(C)c1. The van der Waals surface area contributed by atoms with Crippen molar-refractivity contribution in [2.45, 2.75) is 39.3 Å². The van der Waals surface area contributed by atoms with Crippen LogP contribution in [0.15, 0.2) is 36.4 Å². The number of sulfonamides is 1. The molecule has 0 bridgehead atoms. The number of benzene rings is 2. The van der Waals surface area contributed by atoms with Crippen molar-refractivity contribution in [3.8, 4) is 11.5 Å². The van der Waals surface area contributed by atoms with Crippen LogP contribution in [0.1, 0.15) is 36.1 Å². The second-order valence-corrected chi connectivity index (χ2v) is 9.48. The highest BCUT2D eigenvalue weighted by molar-refractivity contribution is 7.92. The number of amides is 1. The van der Waals surface area contributed by atoms with Gasteiger partial charge in [-0.25, -0.2) is 8.42 Å². The Bertz CT molecular complexity index is 1050. The summed E-state index contributed by atoms with van der Waals surface area (Å²) in [5, 5.41) is 3.01. The molecule has 0 radical (unpaired) electrons. The van der Waals surface area contributed by atoms with E-state index in [1.807, 2.05) is 45.0 Å². The number of hydrogen-bond acceptors (Lipinski definition) is 5. The van der Waals surface area contributed by atoms with Crippen LogP contribution in [-0.4, -0.2) is 40.3 Å². The highest BCUT2D eigenvalue weighted by Crippen LogP contribution is 2.36. The van der Waals surface area contributed by atoms with Crippen LogP contribution in [0, 0.1) is 13.8 Å². The minimum absolute atomic E-state index is 0.0706. The van der Waals surface area contributed by atoms with Gasteiger partial charge in [0.1, 0.15) is 11.5 Å². The van der Waals surface area contributed by atoms with Crippen molar-refractivity contribution in [1.82, 2.24) is 5.32 Å². The van der Waals surface area contributed by atoms with Gasteiger partial charge in [-0.1, -0.05) is 25.1 Å². The van der Waals surface area contributed by atoms with E-state index in [-0.39, 0.29) is 18.5 Å². The number of methoxy groups -OCH3 is 1. The van der Waals surface area contributed by atoms with Gasteiger partial charge in [-0.2, -0.15) is 0 Å². The lowest BCUT2D eigenvalue weighted by Crippen LogP contribution is -2.51. The standard InChI is InChI=1S/C22H28N2O5S/c1-6-17(16-8-10-19(28-4)15(3)12-16)23-22(25)21-13-24(30(5,26)27)18-9-7-14(2)11-20(18)29-21/h7-12,17,21H,6,13H2,1-5H3,(H,23,25)/t17-,21-/m0/s1. The van der Waals surface area contributed by atoms with Crippen LogP contribution in [0.5, 0.6) is 11.5 Å². The Balaban J connectivity index is 1.84. The molecule has 2 aromatic rings. The van der Waals surface area contributed by atoms with Crippen LogP contribution in [-0.2, 0) is 14.8 Å². The fourth-order valence-electron chi connectivity index (χ4n) is 3.62. The Kier molecular flexibility index (Phi) is 6.26. The summed E-state index contributed by atoms with van der Waals surface area (Å²) in [5.74, 6) is 0.822. The number of carbonyl (C=O) groups is 1. The van der Waals surface area contributed by atoms with E-state index in [0.29, 0.717) is 17.9 Å². The van der Waals surface area contributed by atoms with E-state index in [1.165, 1.54) is 4.31 Å². The smallest absolute Gasteiger partial charge is 0.263 e. The van der Waals surface area contributed by atoms with Crippen LogP contribution < -0.4 is 19.1 Å². The minimum Gasteiger partial charge on any atom is -0.496 e. The van der Waals surface area contributed by atoms with Gasteiger partial charge in [0.15, 0.2) is 6.10 Å². The Labute approximate surface area is 178 Å². The van der Waals surface area contributed by atoms with Gasteiger partial charge >= 0.3 is 0 Å². The maximum Gasteiger partial charge on any atom is 0.263 e. The number of hydrogen-bond donors (Lipinski definition) is 1. The van der Waals surface area contributed by atoms with E-state index in [1.54, 1.807) is 19.2 Å². The van der Waals surface area contributed by atoms with E-state index in [9.17, 15) is 13.2 Å². The summed E-state index contributed by atoms with van der Waals surface area (Å²) in [6.07, 6.45) is 0.865. The Morgan fingerprint density at radius 2 is 2.00 bits per heavy atom. The summed E-state index contributed by atoms with van der Waals surface area (Å²) in [6.45, 7) is 5.74. The molecular weight excluding hydrogens is 404 g/mol. The molecule has 1 heterocycles. The Morgan fingerprint density at radius 3 is 2.60 bits per heavy atom. The second kappa shape index (κ2) is 8.55. The van der Waals surface area contributed by atoms with E-state index in [4.69, 9.17) is 9.47 Å². The third kappa shape index (κ3) is 4.53. The van der Waals surface area contributed by atoms with Crippen molar-refractivity contribution >= 4 is 21.6 Å². The van der Waals surface area contributed by atoms with Crippen LogP contribution in [0.3, 0.4) is 0 Å². The molecule has 8 heteroatoms. The lowest BCUT2D eigenvalue weighted by molar-refractivity contribution is -0.128. The largest absolute Gasteiger partial charge is 0.496 e. The number of carbonyl (C=O) groups excluding carboxylic acids is 1. The molecule has 1 N–H and O–H groups in total. The van der Waals surface area contributed by atoms with Gasteiger partial charge in [-0.05, 0) is 55.2 Å². The first kappa shape index (κ1) is 22.0. The zero-order valence-electron chi connectivity index (χ0n) is 17.9. The Morgan fingerprint density at radius 1 is 1.27 bits per heavy atom.